The van der Waals surface area contributed by atoms with Crippen molar-refractivity contribution in [2.75, 3.05) is 0 Å². The van der Waals surface area contributed by atoms with E-state index in [-0.39, 0.29) is 0 Å². The van der Waals surface area contributed by atoms with Gasteiger partial charge in [-0.15, -0.1) is 26.3 Å². The third kappa shape index (κ3) is 3.41. The largest absolute Gasteiger partial charge is 0.492 e. The second-order valence-electron chi connectivity index (χ2n) is 1.70. The Balaban J connectivity index is 5.01. The normalized spacial score (nSPS) is 14.6. The highest BCUT2D eigenvalue weighted by Crippen LogP contribution is 2.38. The summed E-state index contributed by atoms with van der Waals surface area (Å²) in [5.74, 6) is 0. The maximum absolute atomic E-state index is 11.6. The van der Waals surface area contributed by atoms with Crippen LogP contribution in [0.5, 0.6) is 0 Å². The number of rotatable bonds is 1. The van der Waals surface area contributed by atoms with Crippen LogP contribution in [0.1, 0.15) is 0 Å². The summed E-state index contributed by atoms with van der Waals surface area (Å²) < 4.78 is 79.4. The van der Waals surface area contributed by atoms with Crippen molar-refractivity contribution in [2.24, 2.45) is 0 Å². The van der Waals surface area contributed by atoms with E-state index in [0.717, 1.165) is 0 Å². The summed E-state index contributed by atoms with van der Waals surface area (Å²) in [6, 6.07) is 0. The fourth-order valence-electron chi connectivity index (χ4n) is 0.435. The Hall–Kier alpha value is -0.470. The molecular formula is C4HBrF7N. The minimum Gasteiger partial charge on any atom is -0.213 e. The predicted molar refractivity (Wildman–Crippen MR) is 32.1 cm³/mol. The van der Waals surface area contributed by atoms with E-state index >= 15 is 0 Å². The van der Waals surface area contributed by atoms with Crippen molar-refractivity contribution < 1.29 is 30.7 Å². The zero-order chi connectivity index (χ0) is 10.9. The first-order valence-electron chi connectivity index (χ1n) is 2.50. The Morgan fingerprint density at radius 1 is 1.00 bits per heavy atom. The smallest absolute Gasteiger partial charge is 0.213 e. The highest BCUT2D eigenvalue weighted by Gasteiger charge is 2.54. The molecule has 0 rings (SSSR count). The second kappa shape index (κ2) is 3.72. The molecule has 1 nitrogen and oxygen atoms in total. The molecule has 0 spiro atoms. The number of nitrogens with zero attached hydrogens (tertiary/aromatic N) is 1. The van der Waals surface area contributed by atoms with E-state index in [0.29, 0.717) is 0 Å². The lowest BCUT2D eigenvalue weighted by Gasteiger charge is -2.27. The second-order valence-corrected chi connectivity index (χ2v) is 2.52. The van der Waals surface area contributed by atoms with Gasteiger partial charge in [-0.2, -0.15) is 4.90 Å². The molecule has 9 heteroatoms. The quantitative estimate of drug-likeness (QED) is 0.523. The average Bonchev–Trinajstić information content (AvgIpc) is 1.80. The molecule has 0 unspecified atom stereocenters. The third-order valence-electron chi connectivity index (χ3n) is 0.811. The van der Waals surface area contributed by atoms with Crippen molar-refractivity contribution in [2.45, 2.75) is 12.6 Å². The van der Waals surface area contributed by atoms with Crippen molar-refractivity contribution in [3.63, 3.8) is 0 Å². The van der Waals surface area contributed by atoms with E-state index in [4.69, 9.17) is 0 Å². The Morgan fingerprint density at radius 3 is 1.38 bits per heavy atom. The molecule has 0 saturated carbocycles. The van der Waals surface area contributed by atoms with E-state index < -0.39 is 28.4 Å². The molecule has 0 aromatic carbocycles. The number of halogens is 8. The maximum atomic E-state index is 11.6. The molecule has 0 radical (unpaired) electrons. The molecule has 0 amide bonds. The van der Waals surface area contributed by atoms with Gasteiger partial charge in [-0.25, -0.2) is 4.39 Å². The molecule has 0 atom stereocenters. The number of alkyl halides is 6. The van der Waals surface area contributed by atoms with Crippen molar-refractivity contribution >= 4 is 15.9 Å². The molecule has 0 aromatic heterocycles. The molecule has 0 N–H and O–H groups in total. The van der Waals surface area contributed by atoms with Gasteiger partial charge in [0.2, 0.25) is 0 Å². The lowest BCUT2D eigenvalue weighted by Crippen LogP contribution is -2.45. The predicted octanol–water partition coefficient (Wildman–Crippen LogP) is 3.49. The molecule has 0 aliphatic carbocycles. The van der Waals surface area contributed by atoms with Crippen molar-refractivity contribution in [3.05, 3.63) is 10.9 Å². The summed E-state index contributed by atoms with van der Waals surface area (Å²) in [6.07, 6.45) is -12.3. The van der Waals surface area contributed by atoms with Crippen LogP contribution in [0, 0.1) is 0 Å². The van der Waals surface area contributed by atoms with Gasteiger partial charge in [0.15, 0.2) is 0 Å². The van der Waals surface area contributed by atoms with E-state index in [1.807, 2.05) is 0 Å². The summed E-state index contributed by atoms with van der Waals surface area (Å²) in [4.78, 5) is -2.00. The van der Waals surface area contributed by atoms with Gasteiger partial charge >= 0.3 is 12.6 Å². The molecule has 0 aliphatic rings. The van der Waals surface area contributed by atoms with Crippen LogP contribution in [-0.4, -0.2) is 17.5 Å². The zero-order valence-electron chi connectivity index (χ0n) is 5.55. The molecule has 0 aliphatic heterocycles. The molecule has 0 saturated heterocycles. The Labute approximate surface area is 75.9 Å². The molecule has 0 aromatic rings. The van der Waals surface area contributed by atoms with Crippen LogP contribution in [-0.2, 0) is 0 Å². The van der Waals surface area contributed by atoms with Crippen LogP contribution in [0.25, 0.3) is 0 Å². The van der Waals surface area contributed by atoms with Gasteiger partial charge in [0.25, 0.3) is 0 Å². The monoisotopic (exact) mass is 275 g/mol. The Kier molecular flexibility index (Phi) is 3.59. The van der Waals surface area contributed by atoms with Crippen molar-refractivity contribution in [1.82, 2.24) is 4.90 Å². The van der Waals surface area contributed by atoms with Crippen LogP contribution in [0.15, 0.2) is 10.9 Å². The Morgan fingerprint density at radius 2 is 1.31 bits per heavy atom. The first-order chi connectivity index (χ1) is 5.60. The van der Waals surface area contributed by atoms with Crippen LogP contribution < -0.4 is 0 Å². The lowest BCUT2D eigenvalue weighted by molar-refractivity contribution is -0.355. The fourth-order valence-corrected chi connectivity index (χ4v) is 0.837. The first kappa shape index (κ1) is 12.5. The SMILES string of the molecule is F/C=C(/Br)N(C(F)(F)F)C(F)(F)F. The van der Waals surface area contributed by atoms with Gasteiger partial charge in [-0.3, -0.25) is 0 Å². The summed E-state index contributed by atoms with van der Waals surface area (Å²) >= 11 is 1.79. The van der Waals surface area contributed by atoms with Gasteiger partial charge in [0.1, 0.15) is 10.9 Å². The fraction of sp³-hybridized carbons (Fsp3) is 0.500. The van der Waals surface area contributed by atoms with Crippen LogP contribution in [0.3, 0.4) is 0 Å². The number of hydrogen-bond donors (Lipinski definition) is 0. The summed E-state index contributed by atoms with van der Waals surface area (Å²) in [5, 5.41) is 0. The standard InChI is InChI=1S/C4HBrF7N/c5-2(1-6)13(3(7,8)9)4(10,11)12/h1H/b2-1-. The highest BCUT2D eigenvalue weighted by atomic mass is 79.9. The Bertz CT molecular complexity index is 190. The zero-order valence-corrected chi connectivity index (χ0v) is 7.13. The van der Waals surface area contributed by atoms with Crippen LogP contribution >= 0.6 is 15.9 Å². The molecule has 13 heavy (non-hydrogen) atoms. The van der Waals surface area contributed by atoms with Gasteiger partial charge in [-0.05, 0) is 15.9 Å². The van der Waals surface area contributed by atoms with E-state index in [9.17, 15) is 30.7 Å². The minimum atomic E-state index is -5.72. The topological polar surface area (TPSA) is 3.24 Å². The molecular weight excluding hydrogens is 275 g/mol. The lowest BCUT2D eigenvalue weighted by atomic mass is 10.7. The summed E-state index contributed by atoms with van der Waals surface area (Å²) in [7, 11) is 0. The average molecular weight is 276 g/mol. The van der Waals surface area contributed by atoms with E-state index in [1.165, 1.54) is 0 Å². The van der Waals surface area contributed by atoms with Crippen molar-refractivity contribution in [1.29, 1.82) is 0 Å². The first-order valence-corrected chi connectivity index (χ1v) is 3.29. The molecule has 0 bridgehead atoms. The van der Waals surface area contributed by atoms with Crippen molar-refractivity contribution in [3.8, 4) is 0 Å². The number of hydrogen-bond acceptors (Lipinski definition) is 1. The van der Waals surface area contributed by atoms with Gasteiger partial charge in [-0.1, -0.05) is 0 Å². The third-order valence-corrected chi connectivity index (χ3v) is 1.34. The van der Waals surface area contributed by atoms with E-state index in [1.54, 1.807) is 15.9 Å². The highest BCUT2D eigenvalue weighted by molar-refractivity contribution is 9.11. The van der Waals surface area contributed by atoms with Gasteiger partial charge in [0, 0.05) is 0 Å². The van der Waals surface area contributed by atoms with Crippen LogP contribution in [0.2, 0.25) is 0 Å². The molecule has 0 heterocycles. The van der Waals surface area contributed by atoms with Gasteiger partial charge in [0.05, 0.1) is 0 Å². The summed E-state index contributed by atoms with van der Waals surface area (Å²) in [5.41, 5.74) is 0. The molecule has 78 valence electrons. The maximum Gasteiger partial charge on any atom is 0.492 e. The van der Waals surface area contributed by atoms with E-state index in [2.05, 4.69) is 0 Å². The minimum absolute atomic E-state index is 0.846. The summed E-state index contributed by atoms with van der Waals surface area (Å²) in [6.45, 7) is 0. The van der Waals surface area contributed by atoms with Crippen LogP contribution in [0.4, 0.5) is 30.7 Å². The van der Waals surface area contributed by atoms with Gasteiger partial charge < -0.3 is 0 Å². The molecule has 0 fully saturated rings.